The summed E-state index contributed by atoms with van der Waals surface area (Å²) in [5.74, 6) is 0. The number of rotatable bonds is 4. The van der Waals surface area contributed by atoms with Crippen molar-refractivity contribution in [2.24, 2.45) is 0 Å². The average molecular weight is 317 g/mol. The summed E-state index contributed by atoms with van der Waals surface area (Å²) >= 11 is 3.26. The van der Waals surface area contributed by atoms with Crippen molar-refractivity contribution in [1.82, 2.24) is 0 Å². The fourth-order valence-corrected chi connectivity index (χ4v) is 3.86. The summed E-state index contributed by atoms with van der Waals surface area (Å²) in [6, 6.07) is 14.7. The zero-order valence-electron chi connectivity index (χ0n) is 11.1. The van der Waals surface area contributed by atoms with Crippen LogP contribution in [-0.4, -0.2) is 12.0 Å². The fraction of sp³-hybridized carbons (Fsp3) is 0.0667. The molecule has 2 heterocycles. The smallest absolute Gasteiger partial charge is 0.269 e. The number of thiophene rings is 2. The molecule has 0 N–H and O–H groups in total. The Morgan fingerprint density at radius 3 is 2.14 bits per heavy atom. The molecule has 0 unspecified atom stereocenters. The molecule has 106 valence electrons. The van der Waals surface area contributed by atoms with Gasteiger partial charge in [-0.25, -0.2) is 0 Å². The van der Waals surface area contributed by atoms with Crippen molar-refractivity contribution in [3.05, 3.63) is 58.6 Å². The number of hydrogen-bond donors (Lipinski definition) is 0. The Kier molecular flexibility index (Phi) is 3.72. The van der Waals surface area contributed by atoms with Gasteiger partial charge in [-0.1, -0.05) is 11.3 Å². The van der Waals surface area contributed by atoms with Crippen LogP contribution < -0.4 is 4.74 Å². The monoisotopic (exact) mass is 317 g/mol. The molecule has 4 nitrogen and oxygen atoms in total. The van der Waals surface area contributed by atoms with Crippen LogP contribution in [0, 0.1) is 10.1 Å². The molecule has 3 rings (SSSR count). The zero-order chi connectivity index (χ0) is 14.8. The molecule has 2 aromatic heterocycles. The summed E-state index contributed by atoms with van der Waals surface area (Å²) in [6.45, 7) is 0. The normalized spacial score (nSPS) is 10.5. The van der Waals surface area contributed by atoms with Gasteiger partial charge < -0.3 is 4.74 Å². The van der Waals surface area contributed by atoms with Crippen molar-refractivity contribution in [2.45, 2.75) is 0 Å². The molecule has 0 spiro atoms. The predicted octanol–water partition coefficient (Wildman–Crippen LogP) is 5.06. The van der Waals surface area contributed by atoms with E-state index >= 15 is 0 Å². The maximum absolute atomic E-state index is 10.7. The Hall–Kier alpha value is -2.18. The van der Waals surface area contributed by atoms with Gasteiger partial charge in [0.15, 0.2) is 5.06 Å². The van der Waals surface area contributed by atoms with Gasteiger partial charge in [-0.05, 0) is 42.0 Å². The number of non-ortho nitro benzene ring substituents is 1. The largest absolute Gasteiger partial charge is 0.487 e. The van der Waals surface area contributed by atoms with Gasteiger partial charge in [0.05, 0.1) is 12.0 Å². The lowest BCUT2D eigenvalue weighted by Crippen LogP contribution is -1.86. The molecule has 3 aromatic rings. The summed E-state index contributed by atoms with van der Waals surface area (Å²) in [4.78, 5) is 13.7. The highest BCUT2D eigenvalue weighted by molar-refractivity contribution is 7.24. The van der Waals surface area contributed by atoms with Crippen LogP contribution in [0.1, 0.15) is 0 Å². The summed E-state index contributed by atoms with van der Waals surface area (Å²) in [6.07, 6.45) is 0. The number of nitro groups is 1. The second kappa shape index (κ2) is 5.67. The van der Waals surface area contributed by atoms with E-state index in [1.807, 2.05) is 18.2 Å². The van der Waals surface area contributed by atoms with E-state index in [1.165, 1.54) is 12.1 Å². The number of hydrogen-bond acceptors (Lipinski definition) is 5. The van der Waals surface area contributed by atoms with E-state index in [-0.39, 0.29) is 10.6 Å². The summed E-state index contributed by atoms with van der Waals surface area (Å²) in [5.41, 5.74) is 1.10. The first-order chi connectivity index (χ1) is 10.2. The van der Waals surface area contributed by atoms with Crippen molar-refractivity contribution in [3.63, 3.8) is 0 Å². The lowest BCUT2D eigenvalue weighted by Gasteiger charge is -1.96. The zero-order valence-corrected chi connectivity index (χ0v) is 12.7. The molecule has 0 radical (unpaired) electrons. The molecule has 0 amide bonds. The second-order valence-corrected chi connectivity index (χ2v) is 6.42. The van der Waals surface area contributed by atoms with Crippen LogP contribution in [0.4, 0.5) is 5.69 Å². The number of ether oxygens (including phenoxy) is 1. The molecular weight excluding hydrogens is 306 g/mol. The Bertz CT molecular complexity index is 774. The summed E-state index contributed by atoms with van der Waals surface area (Å²) < 4.78 is 5.20. The first-order valence-electron chi connectivity index (χ1n) is 6.16. The van der Waals surface area contributed by atoms with E-state index in [1.54, 1.807) is 41.9 Å². The molecule has 1 aromatic carbocycles. The van der Waals surface area contributed by atoms with Crippen LogP contribution in [0.3, 0.4) is 0 Å². The van der Waals surface area contributed by atoms with Gasteiger partial charge in [0.2, 0.25) is 0 Å². The molecule has 0 saturated heterocycles. The van der Waals surface area contributed by atoms with Crippen molar-refractivity contribution in [2.75, 3.05) is 7.11 Å². The van der Waals surface area contributed by atoms with Crippen LogP contribution >= 0.6 is 22.7 Å². The fourth-order valence-electron chi connectivity index (χ4n) is 1.94. The molecule has 0 saturated carbocycles. The van der Waals surface area contributed by atoms with Crippen molar-refractivity contribution in [1.29, 1.82) is 0 Å². The number of nitro benzene ring substituents is 1. The Balaban J connectivity index is 1.88. The maximum Gasteiger partial charge on any atom is 0.269 e. The van der Waals surface area contributed by atoms with Crippen LogP contribution in [-0.2, 0) is 0 Å². The van der Waals surface area contributed by atoms with Gasteiger partial charge in [-0.15, -0.1) is 11.3 Å². The van der Waals surface area contributed by atoms with Crippen LogP contribution in [0.25, 0.3) is 20.2 Å². The van der Waals surface area contributed by atoms with E-state index in [2.05, 4.69) is 6.07 Å². The maximum atomic E-state index is 10.7. The van der Waals surface area contributed by atoms with E-state index < -0.39 is 0 Å². The van der Waals surface area contributed by atoms with Crippen LogP contribution in [0.2, 0.25) is 0 Å². The molecular formula is C15H11NO3S2. The molecule has 21 heavy (non-hydrogen) atoms. The summed E-state index contributed by atoms with van der Waals surface area (Å²) in [7, 11) is 1.66. The number of nitrogens with zero attached hydrogens (tertiary/aromatic N) is 1. The topological polar surface area (TPSA) is 52.4 Å². The van der Waals surface area contributed by atoms with Crippen LogP contribution in [0.5, 0.6) is 5.06 Å². The molecule has 0 aliphatic heterocycles. The van der Waals surface area contributed by atoms with Gasteiger partial charge in [-0.3, -0.25) is 10.1 Å². The van der Waals surface area contributed by atoms with Gasteiger partial charge >= 0.3 is 0 Å². The molecule has 0 fully saturated rings. The van der Waals surface area contributed by atoms with Crippen molar-refractivity contribution in [3.8, 4) is 25.3 Å². The van der Waals surface area contributed by atoms with Crippen molar-refractivity contribution < 1.29 is 9.66 Å². The van der Waals surface area contributed by atoms with Gasteiger partial charge in [0.25, 0.3) is 5.69 Å². The average Bonchev–Trinajstić information content (AvgIpc) is 3.16. The minimum Gasteiger partial charge on any atom is -0.487 e. The lowest BCUT2D eigenvalue weighted by atomic mass is 10.2. The lowest BCUT2D eigenvalue weighted by molar-refractivity contribution is -0.384. The highest BCUT2D eigenvalue weighted by Crippen LogP contribution is 2.39. The first kappa shape index (κ1) is 13.8. The molecule has 0 aliphatic rings. The van der Waals surface area contributed by atoms with E-state index in [4.69, 9.17) is 4.74 Å². The molecule has 0 aliphatic carbocycles. The first-order valence-corrected chi connectivity index (χ1v) is 7.79. The Morgan fingerprint density at radius 2 is 1.52 bits per heavy atom. The molecule has 6 heteroatoms. The van der Waals surface area contributed by atoms with E-state index in [0.29, 0.717) is 0 Å². The predicted molar refractivity (Wildman–Crippen MR) is 86.3 cm³/mol. The van der Waals surface area contributed by atoms with E-state index in [0.717, 1.165) is 25.3 Å². The van der Waals surface area contributed by atoms with E-state index in [9.17, 15) is 10.1 Å². The third-order valence-electron chi connectivity index (χ3n) is 2.99. The SMILES string of the molecule is COc1ccc(-c2ccc(-c3ccc([N+](=O)[O-])cc3)s2)s1. The quantitative estimate of drug-likeness (QED) is 0.499. The van der Waals surface area contributed by atoms with Gasteiger partial charge in [0, 0.05) is 26.8 Å². The Labute approximate surface area is 129 Å². The van der Waals surface area contributed by atoms with Gasteiger partial charge in [0.1, 0.15) is 0 Å². The standard InChI is InChI=1S/C15H11NO3S2/c1-19-15-9-8-14(21-15)13-7-6-12(20-13)10-2-4-11(5-3-10)16(17)18/h2-9H,1H3. The van der Waals surface area contributed by atoms with Gasteiger partial charge in [-0.2, -0.15) is 0 Å². The second-order valence-electron chi connectivity index (χ2n) is 4.29. The Morgan fingerprint density at radius 1 is 0.905 bits per heavy atom. The highest BCUT2D eigenvalue weighted by atomic mass is 32.1. The van der Waals surface area contributed by atoms with Crippen molar-refractivity contribution >= 4 is 28.4 Å². The molecule has 0 atom stereocenters. The summed E-state index contributed by atoms with van der Waals surface area (Å²) in [5, 5.41) is 11.6. The minimum absolute atomic E-state index is 0.110. The molecule has 0 bridgehead atoms. The van der Waals surface area contributed by atoms with Crippen LogP contribution in [0.15, 0.2) is 48.5 Å². The minimum atomic E-state index is -0.387. The number of methoxy groups -OCH3 is 1. The third-order valence-corrected chi connectivity index (χ3v) is 5.37. The highest BCUT2D eigenvalue weighted by Gasteiger charge is 2.09. The number of benzene rings is 1. The third kappa shape index (κ3) is 2.81.